The number of aryl methyl sites for hydroxylation is 1. The number of amides is 1. The smallest absolute Gasteiger partial charge is 0.261 e. The SMILES string of the molecule is Cc1cc(C(=O)NCCCN(C)C)ccc1NS(=O)(=O)c1ccccc1. The topological polar surface area (TPSA) is 78.5 Å². The molecule has 0 spiro atoms. The largest absolute Gasteiger partial charge is 0.352 e. The van der Waals surface area contributed by atoms with Crippen LogP contribution < -0.4 is 10.0 Å². The minimum absolute atomic E-state index is 0.163. The van der Waals surface area contributed by atoms with E-state index in [2.05, 4.69) is 14.9 Å². The van der Waals surface area contributed by atoms with Crippen LogP contribution >= 0.6 is 0 Å². The van der Waals surface area contributed by atoms with Crippen molar-refractivity contribution in [2.75, 3.05) is 31.9 Å². The van der Waals surface area contributed by atoms with Crippen molar-refractivity contribution in [2.24, 2.45) is 0 Å². The standard InChI is InChI=1S/C19H25N3O3S/c1-15-14-16(19(23)20-12-7-13-22(2)3)10-11-18(15)21-26(24,25)17-8-5-4-6-9-17/h4-6,8-11,14,21H,7,12-13H2,1-3H3,(H,20,23). The number of benzene rings is 2. The Morgan fingerprint density at radius 3 is 2.38 bits per heavy atom. The van der Waals surface area contributed by atoms with Gasteiger partial charge in [-0.15, -0.1) is 0 Å². The molecule has 0 aliphatic heterocycles. The number of rotatable bonds is 8. The molecule has 140 valence electrons. The molecule has 26 heavy (non-hydrogen) atoms. The summed E-state index contributed by atoms with van der Waals surface area (Å²) in [6, 6.07) is 13.1. The van der Waals surface area contributed by atoms with Gasteiger partial charge in [0.15, 0.2) is 0 Å². The molecule has 7 heteroatoms. The van der Waals surface area contributed by atoms with E-state index in [1.165, 1.54) is 12.1 Å². The molecule has 0 aliphatic rings. The lowest BCUT2D eigenvalue weighted by Crippen LogP contribution is -2.27. The van der Waals surface area contributed by atoms with Crippen LogP contribution in [0.3, 0.4) is 0 Å². The Balaban J connectivity index is 2.04. The number of nitrogens with zero attached hydrogens (tertiary/aromatic N) is 1. The van der Waals surface area contributed by atoms with Crippen LogP contribution in [0.1, 0.15) is 22.3 Å². The van der Waals surface area contributed by atoms with Gasteiger partial charge < -0.3 is 10.2 Å². The summed E-state index contributed by atoms with van der Waals surface area (Å²) < 4.78 is 27.4. The number of carbonyl (C=O) groups is 1. The molecule has 0 unspecified atom stereocenters. The number of carbonyl (C=O) groups excluding carboxylic acids is 1. The molecular formula is C19H25N3O3S. The summed E-state index contributed by atoms with van der Waals surface area (Å²) >= 11 is 0. The monoisotopic (exact) mass is 375 g/mol. The molecule has 0 aromatic heterocycles. The lowest BCUT2D eigenvalue weighted by Gasteiger charge is -2.13. The number of sulfonamides is 1. The molecule has 0 atom stereocenters. The first-order valence-electron chi connectivity index (χ1n) is 8.41. The third kappa shape index (κ3) is 5.57. The predicted molar refractivity (Wildman–Crippen MR) is 104 cm³/mol. The van der Waals surface area contributed by atoms with Crippen LogP contribution in [0.15, 0.2) is 53.4 Å². The zero-order valence-corrected chi connectivity index (χ0v) is 16.1. The predicted octanol–water partition coefficient (Wildman–Crippen LogP) is 2.48. The summed E-state index contributed by atoms with van der Waals surface area (Å²) in [6.07, 6.45) is 0.868. The third-order valence-corrected chi connectivity index (χ3v) is 5.24. The van der Waals surface area contributed by atoms with Crippen molar-refractivity contribution < 1.29 is 13.2 Å². The molecule has 0 fully saturated rings. The highest BCUT2D eigenvalue weighted by Crippen LogP contribution is 2.21. The zero-order valence-electron chi connectivity index (χ0n) is 15.3. The van der Waals surface area contributed by atoms with Gasteiger partial charge in [0, 0.05) is 12.1 Å². The highest BCUT2D eigenvalue weighted by Gasteiger charge is 2.15. The molecule has 0 aliphatic carbocycles. The number of hydrogen-bond donors (Lipinski definition) is 2. The summed E-state index contributed by atoms with van der Waals surface area (Å²) in [6.45, 7) is 3.27. The van der Waals surface area contributed by atoms with E-state index in [4.69, 9.17) is 0 Å². The van der Waals surface area contributed by atoms with Crippen molar-refractivity contribution in [1.29, 1.82) is 0 Å². The first-order chi connectivity index (χ1) is 12.3. The first-order valence-corrected chi connectivity index (χ1v) is 9.89. The summed E-state index contributed by atoms with van der Waals surface area (Å²) in [5.41, 5.74) is 1.65. The van der Waals surface area contributed by atoms with Gasteiger partial charge in [0.25, 0.3) is 15.9 Å². The normalized spacial score (nSPS) is 11.4. The maximum Gasteiger partial charge on any atom is 0.261 e. The van der Waals surface area contributed by atoms with E-state index in [1.54, 1.807) is 43.3 Å². The summed E-state index contributed by atoms with van der Waals surface area (Å²) in [5.74, 6) is -0.163. The molecule has 2 aromatic rings. The molecule has 0 heterocycles. The van der Waals surface area contributed by atoms with Crippen LogP contribution in [0.2, 0.25) is 0 Å². The maximum atomic E-state index is 12.4. The van der Waals surface area contributed by atoms with Crippen molar-refractivity contribution in [3.8, 4) is 0 Å². The molecule has 2 rings (SSSR count). The molecule has 0 saturated heterocycles. The molecule has 6 nitrogen and oxygen atoms in total. The average Bonchev–Trinajstić information content (AvgIpc) is 2.60. The molecule has 0 bridgehead atoms. The van der Waals surface area contributed by atoms with Gasteiger partial charge >= 0.3 is 0 Å². The maximum absolute atomic E-state index is 12.4. The summed E-state index contributed by atoms with van der Waals surface area (Å²) in [7, 11) is 0.323. The van der Waals surface area contributed by atoms with Crippen LogP contribution in [0, 0.1) is 6.92 Å². The Morgan fingerprint density at radius 2 is 1.77 bits per heavy atom. The highest BCUT2D eigenvalue weighted by atomic mass is 32.2. The van der Waals surface area contributed by atoms with Crippen LogP contribution in [-0.2, 0) is 10.0 Å². The number of nitrogens with one attached hydrogen (secondary N) is 2. The highest BCUT2D eigenvalue weighted by molar-refractivity contribution is 7.92. The minimum atomic E-state index is -3.65. The summed E-state index contributed by atoms with van der Waals surface area (Å²) in [5, 5.41) is 2.87. The van der Waals surface area contributed by atoms with Crippen LogP contribution in [0.5, 0.6) is 0 Å². The Labute approximate surface area is 155 Å². The van der Waals surface area contributed by atoms with Gasteiger partial charge in [0.1, 0.15) is 0 Å². The van der Waals surface area contributed by atoms with E-state index < -0.39 is 10.0 Å². The summed E-state index contributed by atoms with van der Waals surface area (Å²) in [4.78, 5) is 14.5. The van der Waals surface area contributed by atoms with E-state index in [1.807, 2.05) is 14.1 Å². The van der Waals surface area contributed by atoms with Gasteiger partial charge in [-0.05, 0) is 69.9 Å². The molecule has 1 amide bonds. The van der Waals surface area contributed by atoms with Gasteiger partial charge in [-0.3, -0.25) is 9.52 Å². The van der Waals surface area contributed by atoms with Gasteiger partial charge in [-0.1, -0.05) is 18.2 Å². The van der Waals surface area contributed by atoms with E-state index >= 15 is 0 Å². The second-order valence-corrected chi connectivity index (χ2v) is 8.04. The third-order valence-electron chi connectivity index (χ3n) is 3.85. The first kappa shape index (κ1) is 19.9. The molecule has 2 N–H and O–H groups in total. The van der Waals surface area contributed by atoms with Gasteiger partial charge in [0.05, 0.1) is 10.6 Å². The van der Waals surface area contributed by atoms with Crippen LogP contribution in [0.4, 0.5) is 5.69 Å². The van der Waals surface area contributed by atoms with Crippen molar-refractivity contribution in [3.05, 3.63) is 59.7 Å². The Hall–Kier alpha value is -2.38. The molecular weight excluding hydrogens is 350 g/mol. The van der Waals surface area contributed by atoms with E-state index in [-0.39, 0.29) is 10.8 Å². The zero-order chi connectivity index (χ0) is 19.2. The van der Waals surface area contributed by atoms with Crippen molar-refractivity contribution in [1.82, 2.24) is 10.2 Å². The van der Waals surface area contributed by atoms with Crippen LogP contribution in [0.25, 0.3) is 0 Å². The van der Waals surface area contributed by atoms with E-state index in [9.17, 15) is 13.2 Å². The molecule has 2 aromatic carbocycles. The Kier molecular flexibility index (Phi) is 6.76. The lowest BCUT2D eigenvalue weighted by atomic mass is 10.1. The van der Waals surface area contributed by atoms with Crippen LogP contribution in [-0.4, -0.2) is 46.4 Å². The van der Waals surface area contributed by atoms with Gasteiger partial charge in [-0.25, -0.2) is 8.42 Å². The van der Waals surface area contributed by atoms with Crippen molar-refractivity contribution in [3.63, 3.8) is 0 Å². The number of anilines is 1. The Morgan fingerprint density at radius 1 is 1.08 bits per heavy atom. The fraction of sp³-hybridized carbons (Fsp3) is 0.316. The fourth-order valence-corrected chi connectivity index (χ4v) is 3.57. The number of hydrogen-bond acceptors (Lipinski definition) is 4. The lowest BCUT2D eigenvalue weighted by molar-refractivity contribution is 0.0952. The van der Waals surface area contributed by atoms with Crippen molar-refractivity contribution in [2.45, 2.75) is 18.2 Å². The second kappa shape index (κ2) is 8.82. The minimum Gasteiger partial charge on any atom is -0.352 e. The van der Waals surface area contributed by atoms with Gasteiger partial charge in [0.2, 0.25) is 0 Å². The quantitative estimate of drug-likeness (QED) is 0.695. The van der Waals surface area contributed by atoms with E-state index in [0.717, 1.165) is 13.0 Å². The van der Waals surface area contributed by atoms with E-state index in [0.29, 0.717) is 23.4 Å². The fourth-order valence-electron chi connectivity index (χ4n) is 2.42. The molecule has 0 saturated carbocycles. The van der Waals surface area contributed by atoms with Gasteiger partial charge in [-0.2, -0.15) is 0 Å². The Bertz CT molecular complexity index is 850. The average molecular weight is 375 g/mol. The van der Waals surface area contributed by atoms with Crippen molar-refractivity contribution >= 4 is 21.6 Å². The second-order valence-electron chi connectivity index (χ2n) is 6.36. The molecule has 0 radical (unpaired) electrons.